The number of nitrogens with one attached hydrogen (secondary N) is 1. The van der Waals surface area contributed by atoms with Crippen molar-refractivity contribution in [3.63, 3.8) is 0 Å². The molecule has 128 valence electrons. The maximum atomic E-state index is 12.3. The van der Waals surface area contributed by atoms with E-state index in [2.05, 4.69) is 11.9 Å². The largest absolute Gasteiger partial charge is 0.352 e. The number of carbonyl (C=O) groups excluding carboxylic acids is 1. The lowest BCUT2D eigenvalue weighted by atomic mass is 10.1. The van der Waals surface area contributed by atoms with E-state index < -0.39 is 0 Å². The summed E-state index contributed by atoms with van der Waals surface area (Å²) in [6, 6.07) is 13.3. The van der Waals surface area contributed by atoms with Crippen LogP contribution in [-0.4, -0.2) is 17.0 Å². The third kappa shape index (κ3) is 4.03. The van der Waals surface area contributed by atoms with Crippen LogP contribution in [0, 0.1) is 0 Å². The number of rotatable bonds is 6. The highest BCUT2D eigenvalue weighted by Gasteiger charge is 2.16. The average Bonchev–Trinajstić information content (AvgIpc) is 2.95. The molecule has 0 aliphatic carbocycles. The van der Waals surface area contributed by atoms with Gasteiger partial charge in [0.15, 0.2) is 17.6 Å². The summed E-state index contributed by atoms with van der Waals surface area (Å²) in [5.41, 5.74) is 2.96. The first-order valence-electron chi connectivity index (χ1n) is 7.90. The Balaban J connectivity index is 1.62. The molecule has 0 spiro atoms. The van der Waals surface area contributed by atoms with Gasteiger partial charge >= 0.3 is 0 Å². The van der Waals surface area contributed by atoms with Gasteiger partial charge in [0.1, 0.15) is 0 Å². The zero-order chi connectivity index (χ0) is 17.8. The van der Waals surface area contributed by atoms with E-state index in [-0.39, 0.29) is 12.5 Å². The van der Waals surface area contributed by atoms with Gasteiger partial charge in [-0.1, -0.05) is 48.0 Å². The van der Waals surface area contributed by atoms with Gasteiger partial charge in [-0.3, -0.25) is 4.79 Å². The second-order valence-electron chi connectivity index (χ2n) is 5.66. The summed E-state index contributed by atoms with van der Waals surface area (Å²) in [6.07, 6.45) is 4.24. The van der Waals surface area contributed by atoms with E-state index in [1.807, 2.05) is 45.8 Å². The number of fused-ring (bicyclic) bond motifs is 1. The molecule has 6 heteroatoms. The zero-order valence-corrected chi connectivity index (χ0v) is 15.1. The minimum atomic E-state index is -0.0537. The molecule has 0 atom stereocenters. The van der Waals surface area contributed by atoms with Crippen molar-refractivity contribution in [1.29, 1.82) is 0 Å². The van der Waals surface area contributed by atoms with Crippen molar-refractivity contribution in [2.75, 3.05) is 6.54 Å². The maximum Gasteiger partial charge on any atom is 0.262 e. The van der Waals surface area contributed by atoms with Gasteiger partial charge in [-0.15, -0.1) is 0 Å². The van der Waals surface area contributed by atoms with Gasteiger partial charge in [-0.2, -0.15) is 0 Å². The molecule has 1 N–H and O–H groups in total. The number of aromatic nitrogens is 2. The topological polar surface area (TPSA) is 37.9 Å². The van der Waals surface area contributed by atoms with Crippen molar-refractivity contribution in [3.8, 4) is 0 Å². The number of para-hydroxylation sites is 2. The first-order valence-corrected chi connectivity index (χ1v) is 8.66. The summed E-state index contributed by atoms with van der Waals surface area (Å²) in [4.78, 5) is 12.3. The molecule has 0 saturated heterocycles. The van der Waals surface area contributed by atoms with E-state index in [9.17, 15) is 4.79 Å². The lowest BCUT2D eigenvalue weighted by Gasteiger charge is -2.06. The monoisotopic (exact) mass is 374 g/mol. The second-order valence-corrected chi connectivity index (χ2v) is 6.50. The van der Waals surface area contributed by atoms with E-state index in [0.29, 0.717) is 23.0 Å². The van der Waals surface area contributed by atoms with Gasteiger partial charge in [-0.05, 0) is 36.2 Å². The molecule has 0 aliphatic heterocycles. The van der Waals surface area contributed by atoms with Crippen LogP contribution in [0.15, 0.2) is 55.4 Å². The SMILES string of the molecule is C=Cn1c[n+](CC(=O)NCCc2ccc(Cl)cc2Cl)c2ccccc21. The van der Waals surface area contributed by atoms with E-state index >= 15 is 0 Å². The van der Waals surface area contributed by atoms with Gasteiger partial charge < -0.3 is 5.32 Å². The van der Waals surface area contributed by atoms with Crippen molar-refractivity contribution in [3.05, 3.63) is 71.0 Å². The van der Waals surface area contributed by atoms with Crippen molar-refractivity contribution in [2.24, 2.45) is 0 Å². The first-order chi connectivity index (χ1) is 12.1. The molecule has 3 aromatic rings. The highest BCUT2D eigenvalue weighted by Crippen LogP contribution is 2.21. The van der Waals surface area contributed by atoms with Crippen LogP contribution in [0.1, 0.15) is 5.56 Å². The Hall–Kier alpha value is -2.30. The average molecular weight is 375 g/mol. The van der Waals surface area contributed by atoms with Gasteiger partial charge in [0, 0.05) is 16.6 Å². The molecule has 0 bridgehead atoms. The summed E-state index contributed by atoms with van der Waals surface area (Å²) >= 11 is 12.0. The summed E-state index contributed by atoms with van der Waals surface area (Å²) in [7, 11) is 0. The second kappa shape index (κ2) is 7.72. The summed E-state index contributed by atoms with van der Waals surface area (Å²) in [5.74, 6) is -0.0537. The Morgan fingerprint density at radius 2 is 2.04 bits per heavy atom. The van der Waals surface area contributed by atoms with Gasteiger partial charge in [0.05, 0.1) is 6.20 Å². The third-order valence-corrected chi connectivity index (χ3v) is 4.56. The Morgan fingerprint density at radius 1 is 1.24 bits per heavy atom. The van der Waals surface area contributed by atoms with Crippen LogP contribution in [0.5, 0.6) is 0 Å². The molecule has 3 rings (SSSR count). The van der Waals surface area contributed by atoms with Crippen molar-refractivity contribution in [2.45, 2.75) is 13.0 Å². The number of carbonyl (C=O) groups is 1. The molecule has 0 fully saturated rings. The molecule has 1 aromatic heterocycles. The molecule has 25 heavy (non-hydrogen) atoms. The van der Waals surface area contributed by atoms with Gasteiger partial charge in [0.2, 0.25) is 6.33 Å². The lowest BCUT2D eigenvalue weighted by molar-refractivity contribution is -0.658. The third-order valence-electron chi connectivity index (χ3n) is 3.98. The van der Waals surface area contributed by atoms with Crippen molar-refractivity contribution in [1.82, 2.24) is 9.88 Å². The number of benzene rings is 2. The van der Waals surface area contributed by atoms with Crippen molar-refractivity contribution >= 4 is 46.3 Å². The number of nitrogens with zero attached hydrogens (tertiary/aromatic N) is 2. The fourth-order valence-electron chi connectivity index (χ4n) is 2.74. The van der Waals surface area contributed by atoms with Crippen LogP contribution >= 0.6 is 23.2 Å². The smallest absolute Gasteiger partial charge is 0.262 e. The summed E-state index contributed by atoms with van der Waals surface area (Å²) in [6.45, 7) is 4.56. The number of halogens is 2. The predicted octanol–water partition coefficient (Wildman–Crippen LogP) is 3.70. The standard InChI is InChI=1S/C19H17Cl2N3O/c1-2-23-13-24(18-6-4-3-5-17(18)23)12-19(25)22-10-9-14-7-8-15(20)11-16(14)21/h2-8,11,13H,1,9-10,12H2/p+1. The number of hydrogen-bond acceptors (Lipinski definition) is 1. The number of imidazole rings is 1. The van der Waals surface area contributed by atoms with Crippen LogP contribution in [-0.2, 0) is 17.8 Å². The molecule has 0 unspecified atom stereocenters. The summed E-state index contributed by atoms with van der Waals surface area (Å²) < 4.78 is 3.80. The molecular formula is C19H18Cl2N3O+. The van der Waals surface area contributed by atoms with Crippen LogP contribution in [0.2, 0.25) is 10.0 Å². The molecule has 0 aliphatic rings. The minimum Gasteiger partial charge on any atom is -0.352 e. The van der Waals surface area contributed by atoms with Crippen molar-refractivity contribution < 1.29 is 9.36 Å². The Bertz CT molecular complexity index is 934. The molecule has 0 saturated carbocycles. The fourth-order valence-corrected chi connectivity index (χ4v) is 3.25. The highest BCUT2D eigenvalue weighted by atomic mass is 35.5. The molecule has 0 radical (unpaired) electrons. The normalized spacial score (nSPS) is 10.8. The summed E-state index contributed by atoms with van der Waals surface area (Å²) in [5, 5.41) is 4.15. The molecule has 1 heterocycles. The zero-order valence-electron chi connectivity index (χ0n) is 13.6. The van der Waals surface area contributed by atoms with Crippen LogP contribution < -0.4 is 9.88 Å². The molecule has 4 nitrogen and oxygen atoms in total. The Kier molecular flexibility index (Phi) is 5.41. The predicted molar refractivity (Wildman–Crippen MR) is 102 cm³/mol. The molecule has 1 amide bonds. The van der Waals surface area contributed by atoms with E-state index in [1.54, 1.807) is 18.3 Å². The minimum absolute atomic E-state index is 0.0537. The van der Waals surface area contributed by atoms with Crippen LogP contribution in [0.25, 0.3) is 17.2 Å². The van der Waals surface area contributed by atoms with E-state index in [1.165, 1.54) is 0 Å². The fraction of sp³-hybridized carbons (Fsp3) is 0.158. The molecule has 2 aromatic carbocycles. The van der Waals surface area contributed by atoms with Crippen LogP contribution in [0.4, 0.5) is 0 Å². The number of hydrogen-bond donors (Lipinski definition) is 1. The first kappa shape index (κ1) is 17.5. The van der Waals surface area contributed by atoms with Crippen LogP contribution in [0.3, 0.4) is 0 Å². The quantitative estimate of drug-likeness (QED) is 0.656. The molecular weight excluding hydrogens is 357 g/mol. The Morgan fingerprint density at radius 3 is 2.80 bits per heavy atom. The Labute approximate surface area is 156 Å². The van der Waals surface area contributed by atoms with Gasteiger partial charge in [0.25, 0.3) is 5.91 Å². The highest BCUT2D eigenvalue weighted by molar-refractivity contribution is 6.35. The lowest BCUT2D eigenvalue weighted by Crippen LogP contribution is -2.42. The maximum absolute atomic E-state index is 12.3. The van der Waals surface area contributed by atoms with E-state index in [0.717, 1.165) is 16.6 Å². The van der Waals surface area contributed by atoms with Gasteiger partial charge in [-0.25, -0.2) is 9.13 Å². The van der Waals surface area contributed by atoms with E-state index in [4.69, 9.17) is 23.2 Å². The number of amides is 1.